The average molecular weight is 332 g/mol. The minimum absolute atomic E-state index is 0.0501. The molecule has 2 aromatic heterocycles. The first-order valence-electron chi connectivity index (χ1n) is 4.55. The van der Waals surface area contributed by atoms with Crippen molar-refractivity contribution in [2.24, 2.45) is 0 Å². The number of nitrogens with zero attached hydrogens (tertiary/aromatic N) is 1. The molecule has 3 nitrogen and oxygen atoms in total. The Morgan fingerprint density at radius 3 is 3.00 bits per heavy atom. The lowest BCUT2D eigenvalue weighted by Crippen LogP contribution is -2.15. The van der Waals surface area contributed by atoms with Gasteiger partial charge in [-0.2, -0.15) is 0 Å². The highest BCUT2D eigenvalue weighted by molar-refractivity contribution is 14.1. The molecule has 0 aliphatic rings. The van der Waals surface area contributed by atoms with E-state index in [9.17, 15) is 4.79 Å². The van der Waals surface area contributed by atoms with E-state index in [-0.39, 0.29) is 5.56 Å². The second-order valence-corrected chi connectivity index (χ2v) is 5.03. The highest BCUT2D eigenvalue weighted by Gasteiger charge is 2.08. The molecule has 0 aliphatic carbocycles. The quantitative estimate of drug-likeness (QED) is 0.860. The van der Waals surface area contributed by atoms with Crippen LogP contribution in [0.15, 0.2) is 22.3 Å². The molecule has 2 rings (SSSR count). The third-order valence-electron chi connectivity index (χ3n) is 2.02. The van der Waals surface area contributed by atoms with E-state index in [1.54, 1.807) is 11.3 Å². The number of aromatic amines is 1. The summed E-state index contributed by atoms with van der Waals surface area (Å²) >= 11 is 3.61. The van der Waals surface area contributed by atoms with E-state index in [1.807, 2.05) is 47.0 Å². The maximum Gasteiger partial charge on any atom is 0.264 e. The first kappa shape index (κ1) is 10.8. The first-order chi connectivity index (χ1) is 7.22. The predicted octanol–water partition coefficient (Wildman–Crippen LogP) is 2.67. The third-order valence-corrected chi connectivity index (χ3v) is 4.01. The fourth-order valence-corrected chi connectivity index (χ4v) is 2.58. The van der Waals surface area contributed by atoms with Crippen LogP contribution in [-0.2, 0) is 6.42 Å². The van der Waals surface area contributed by atoms with Crippen LogP contribution in [-0.4, -0.2) is 9.97 Å². The fraction of sp³-hybridized carbons (Fsp3) is 0.200. The van der Waals surface area contributed by atoms with E-state index in [1.165, 1.54) is 0 Å². The molecule has 0 atom stereocenters. The molecular formula is C10H9IN2OS. The molecule has 5 heteroatoms. The molecule has 0 amide bonds. The lowest BCUT2D eigenvalue weighted by molar-refractivity contribution is 0.971. The molecule has 0 spiro atoms. The topological polar surface area (TPSA) is 45.8 Å². The first-order valence-corrected chi connectivity index (χ1v) is 6.50. The van der Waals surface area contributed by atoms with E-state index in [0.717, 1.165) is 17.0 Å². The Balaban J connectivity index is 2.61. The summed E-state index contributed by atoms with van der Waals surface area (Å²) in [6, 6.07) is 3.90. The lowest BCUT2D eigenvalue weighted by atomic mass is 10.3. The zero-order chi connectivity index (χ0) is 10.8. The van der Waals surface area contributed by atoms with E-state index >= 15 is 0 Å². The van der Waals surface area contributed by atoms with E-state index in [2.05, 4.69) is 9.97 Å². The molecule has 78 valence electrons. The SMILES string of the molecule is CCc1nc(-c2cccs2)[nH]c(=O)c1I. The second-order valence-electron chi connectivity index (χ2n) is 3.01. The maximum atomic E-state index is 11.6. The normalized spacial score (nSPS) is 10.5. The number of aryl methyl sites for hydroxylation is 1. The number of hydrogen-bond acceptors (Lipinski definition) is 3. The summed E-state index contributed by atoms with van der Waals surface area (Å²) in [6.07, 6.45) is 0.778. The summed E-state index contributed by atoms with van der Waals surface area (Å²) in [5.74, 6) is 0.673. The van der Waals surface area contributed by atoms with Gasteiger partial charge in [-0.1, -0.05) is 13.0 Å². The molecule has 0 saturated carbocycles. The molecule has 0 aliphatic heterocycles. The molecule has 1 N–H and O–H groups in total. The van der Waals surface area contributed by atoms with Gasteiger partial charge in [0.25, 0.3) is 5.56 Å². The van der Waals surface area contributed by atoms with Crippen LogP contribution < -0.4 is 5.56 Å². The molecule has 0 bridgehead atoms. The van der Waals surface area contributed by atoms with Crippen LogP contribution >= 0.6 is 33.9 Å². The highest BCUT2D eigenvalue weighted by Crippen LogP contribution is 2.20. The zero-order valence-electron chi connectivity index (χ0n) is 8.08. The molecule has 0 radical (unpaired) electrons. The molecule has 2 aromatic rings. The number of rotatable bonds is 2. The van der Waals surface area contributed by atoms with Gasteiger partial charge in [0.15, 0.2) is 5.82 Å². The lowest BCUT2D eigenvalue weighted by Gasteiger charge is -2.02. The van der Waals surface area contributed by atoms with Crippen molar-refractivity contribution in [1.29, 1.82) is 0 Å². The van der Waals surface area contributed by atoms with Gasteiger partial charge in [0.1, 0.15) is 0 Å². The molecule has 0 saturated heterocycles. The van der Waals surface area contributed by atoms with Crippen molar-refractivity contribution in [3.63, 3.8) is 0 Å². The van der Waals surface area contributed by atoms with Crippen molar-refractivity contribution in [3.8, 4) is 10.7 Å². The number of thiophene rings is 1. The van der Waals surface area contributed by atoms with Crippen LogP contribution in [0, 0.1) is 3.57 Å². The minimum atomic E-state index is -0.0501. The molecule has 0 fully saturated rings. The smallest absolute Gasteiger partial charge is 0.264 e. The summed E-state index contributed by atoms with van der Waals surface area (Å²) in [5.41, 5.74) is 0.814. The van der Waals surface area contributed by atoms with Gasteiger partial charge in [-0.3, -0.25) is 4.79 Å². The van der Waals surface area contributed by atoms with Gasteiger partial charge in [-0.15, -0.1) is 11.3 Å². The van der Waals surface area contributed by atoms with Gasteiger partial charge in [0.2, 0.25) is 0 Å². The summed E-state index contributed by atoms with van der Waals surface area (Å²) in [7, 11) is 0. The van der Waals surface area contributed by atoms with E-state index < -0.39 is 0 Å². The van der Waals surface area contributed by atoms with Crippen LogP contribution in [0.25, 0.3) is 10.7 Å². The maximum absolute atomic E-state index is 11.6. The van der Waals surface area contributed by atoms with Gasteiger partial charge >= 0.3 is 0 Å². The molecule has 0 unspecified atom stereocenters. The van der Waals surface area contributed by atoms with Crippen LogP contribution in [0.2, 0.25) is 0 Å². The van der Waals surface area contributed by atoms with Crippen LogP contribution in [0.1, 0.15) is 12.6 Å². The predicted molar refractivity (Wildman–Crippen MR) is 70.3 cm³/mol. The Kier molecular flexibility index (Phi) is 3.20. The Hall–Kier alpha value is -0.690. The van der Waals surface area contributed by atoms with Crippen LogP contribution in [0.4, 0.5) is 0 Å². The van der Waals surface area contributed by atoms with Crippen LogP contribution in [0.3, 0.4) is 0 Å². The van der Waals surface area contributed by atoms with Crippen molar-refractivity contribution in [1.82, 2.24) is 9.97 Å². The molecule has 0 aromatic carbocycles. The minimum Gasteiger partial charge on any atom is -0.305 e. The summed E-state index contributed by atoms with van der Waals surface area (Å²) in [5, 5.41) is 1.97. The fourth-order valence-electron chi connectivity index (χ4n) is 1.27. The molecule has 15 heavy (non-hydrogen) atoms. The Bertz CT molecular complexity index is 519. The monoisotopic (exact) mass is 332 g/mol. The number of aromatic nitrogens is 2. The van der Waals surface area contributed by atoms with Gasteiger partial charge in [-0.05, 0) is 40.5 Å². The number of H-pyrrole nitrogens is 1. The van der Waals surface area contributed by atoms with Crippen molar-refractivity contribution < 1.29 is 0 Å². The van der Waals surface area contributed by atoms with Crippen molar-refractivity contribution in [2.45, 2.75) is 13.3 Å². The van der Waals surface area contributed by atoms with E-state index in [4.69, 9.17) is 0 Å². The second kappa shape index (κ2) is 4.44. The van der Waals surface area contributed by atoms with Gasteiger partial charge in [-0.25, -0.2) is 4.98 Å². The summed E-state index contributed by atoms with van der Waals surface area (Å²) in [6.45, 7) is 2.00. The number of hydrogen-bond donors (Lipinski definition) is 1. The highest BCUT2D eigenvalue weighted by atomic mass is 127. The molecular weight excluding hydrogens is 323 g/mol. The van der Waals surface area contributed by atoms with E-state index in [0.29, 0.717) is 9.39 Å². The zero-order valence-corrected chi connectivity index (χ0v) is 11.1. The van der Waals surface area contributed by atoms with Gasteiger partial charge < -0.3 is 4.98 Å². The average Bonchev–Trinajstić information content (AvgIpc) is 2.75. The number of nitrogens with one attached hydrogen (secondary N) is 1. The van der Waals surface area contributed by atoms with Crippen LogP contribution in [0.5, 0.6) is 0 Å². The van der Waals surface area contributed by atoms with Crippen molar-refractivity contribution in [2.75, 3.05) is 0 Å². The Morgan fingerprint density at radius 1 is 1.60 bits per heavy atom. The Morgan fingerprint density at radius 2 is 2.40 bits per heavy atom. The van der Waals surface area contributed by atoms with Gasteiger partial charge in [0, 0.05) is 0 Å². The summed E-state index contributed by atoms with van der Waals surface area (Å²) in [4.78, 5) is 19.8. The number of halogens is 1. The van der Waals surface area contributed by atoms with Crippen molar-refractivity contribution >= 4 is 33.9 Å². The van der Waals surface area contributed by atoms with Gasteiger partial charge in [0.05, 0.1) is 14.1 Å². The molecule has 2 heterocycles. The Labute approximate surface area is 105 Å². The standard InChI is InChI=1S/C10H9IN2OS/c1-2-6-8(11)10(14)13-9(12-6)7-4-3-5-15-7/h3-5H,2H2,1H3,(H,12,13,14). The summed E-state index contributed by atoms with van der Waals surface area (Å²) < 4.78 is 0.690. The largest absolute Gasteiger partial charge is 0.305 e. The van der Waals surface area contributed by atoms with Crippen molar-refractivity contribution in [3.05, 3.63) is 37.1 Å². The third kappa shape index (κ3) is 2.12.